The lowest BCUT2D eigenvalue weighted by Gasteiger charge is -2.36. The molecule has 0 aliphatic carbocycles. The first-order valence-electron chi connectivity index (χ1n) is 6.07. The molecule has 2 atom stereocenters. The van der Waals surface area contributed by atoms with Crippen molar-refractivity contribution in [1.82, 2.24) is 0 Å². The monoisotopic (exact) mass is 306 g/mol. The van der Waals surface area contributed by atoms with Crippen LogP contribution in [-0.4, -0.2) is 38.4 Å². The van der Waals surface area contributed by atoms with Crippen LogP contribution >= 0.6 is 0 Å². The van der Waals surface area contributed by atoms with E-state index in [1.54, 1.807) is 41.5 Å². The molecule has 0 aromatic rings. The van der Waals surface area contributed by atoms with Gasteiger partial charge in [0, 0.05) is 0 Å². The Labute approximate surface area is 118 Å². The van der Waals surface area contributed by atoms with E-state index in [-0.39, 0.29) is 0 Å². The van der Waals surface area contributed by atoms with Gasteiger partial charge in [-0.05, 0) is 52.9 Å². The summed E-state index contributed by atoms with van der Waals surface area (Å²) in [6.45, 7) is 17.7. The topological polar surface area (TPSA) is 68.2 Å². The summed E-state index contributed by atoms with van der Waals surface area (Å²) in [5.41, 5.74) is 1.14. The molecule has 0 aliphatic rings. The Hall–Kier alpha value is -0.286. The van der Waals surface area contributed by atoms with Gasteiger partial charge in [-0.2, -0.15) is 0 Å². The maximum absolute atomic E-state index is 10.3. The van der Waals surface area contributed by atoms with Crippen LogP contribution < -0.4 is 0 Å². The van der Waals surface area contributed by atoms with Crippen LogP contribution in [0, 0.1) is 0 Å². The molecule has 0 amide bonds. The van der Waals surface area contributed by atoms with Crippen LogP contribution in [0.15, 0.2) is 24.6 Å². The van der Waals surface area contributed by atoms with E-state index in [1.807, 2.05) is 0 Å². The van der Waals surface area contributed by atoms with Crippen LogP contribution in [0.25, 0.3) is 0 Å². The molecule has 0 heterocycles. The molecule has 5 nitrogen and oxygen atoms in total. The maximum Gasteiger partial charge on any atom is 0.519 e. The zero-order valence-electron chi connectivity index (χ0n) is 12.7. The second kappa shape index (κ2) is 6.00. The zero-order valence-corrected chi connectivity index (χ0v) is 14.7. The van der Waals surface area contributed by atoms with E-state index < -0.39 is 28.8 Å². The van der Waals surface area contributed by atoms with Crippen LogP contribution in [0.1, 0.15) is 41.5 Å². The fraction of sp³-hybridized carbons (Fsp3) is 0.667. The van der Waals surface area contributed by atoms with Crippen molar-refractivity contribution in [3.63, 3.8) is 0 Å². The standard InChI is InChI=1S/C12H26O5Si2/c1-9-18(13,15-11(3,4)5)17-19(14,10-2)16-12(6,7)8/h9-10,13-14H,1-2H2,3-8H3. The third kappa shape index (κ3) is 7.78. The highest BCUT2D eigenvalue weighted by atomic mass is 28.5. The largest absolute Gasteiger partial charge is 0.519 e. The van der Waals surface area contributed by atoms with E-state index in [0.29, 0.717) is 0 Å². The van der Waals surface area contributed by atoms with E-state index >= 15 is 0 Å². The van der Waals surface area contributed by atoms with E-state index in [0.717, 1.165) is 0 Å². The Morgan fingerprint density at radius 2 is 1.05 bits per heavy atom. The molecule has 19 heavy (non-hydrogen) atoms. The predicted octanol–water partition coefficient (Wildman–Crippen LogP) is 1.95. The summed E-state index contributed by atoms with van der Waals surface area (Å²) >= 11 is 0. The van der Waals surface area contributed by atoms with Crippen LogP contribution in [0.4, 0.5) is 0 Å². The normalized spacial score (nSPS) is 19.4. The molecule has 0 radical (unpaired) electrons. The molecule has 0 aromatic heterocycles. The summed E-state index contributed by atoms with van der Waals surface area (Å²) in [6.07, 6.45) is 0. The minimum absolute atomic E-state index is 0.632. The Bertz CT molecular complexity index is 302. The molecule has 0 aliphatic heterocycles. The Morgan fingerprint density at radius 1 is 0.789 bits per heavy atom. The van der Waals surface area contributed by atoms with Crippen molar-refractivity contribution in [2.75, 3.05) is 0 Å². The van der Waals surface area contributed by atoms with Crippen molar-refractivity contribution in [3.05, 3.63) is 24.6 Å². The minimum Gasteiger partial charge on any atom is -0.387 e. The van der Waals surface area contributed by atoms with Gasteiger partial charge in [0.15, 0.2) is 0 Å². The summed E-state index contributed by atoms with van der Waals surface area (Å²) in [6, 6.07) is 0. The minimum atomic E-state index is -3.74. The van der Waals surface area contributed by atoms with Crippen LogP contribution in [0.5, 0.6) is 0 Å². The Balaban J connectivity index is 5.11. The lowest BCUT2D eigenvalue weighted by Crippen LogP contribution is -2.58. The smallest absolute Gasteiger partial charge is 0.387 e. The van der Waals surface area contributed by atoms with Gasteiger partial charge in [-0.3, -0.25) is 0 Å². The van der Waals surface area contributed by atoms with Crippen molar-refractivity contribution in [1.29, 1.82) is 0 Å². The second-order valence-corrected chi connectivity index (χ2v) is 10.8. The molecule has 112 valence electrons. The molecule has 2 N–H and O–H groups in total. The number of hydrogen-bond donors (Lipinski definition) is 2. The predicted molar refractivity (Wildman–Crippen MR) is 79.1 cm³/mol. The molecule has 0 fully saturated rings. The van der Waals surface area contributed by atoms with Gasteiger partial charge in [0.2, 0.25) is 0 Å². The Morgan fingerprint density at radius 3 is 1.21 bits per heavy atom. The van der Waals surface area contributed by atoms with Gasteiger partial charge in [0.05, 0.1) is 11.2 Å². The molecule has 7 heteroatoms. The van der Waals surface area contributed by atoms with E-state index in [4.69, 9.17) is 13.0 Å². The van der Waals surface area contributed by atoms with Crippen LogP contribution in [0.2, 0.25) is 0 Å². The van der Waals surface area contributed by atoms with Crippen molar-refractivity contribution in [2.45, 2.75) is 52.7 Å². The highest BCUT2D eigenvalue weighted by molar-refractivity contribution is 6.78. The van der Waals surface area contributed by atoms with E-state index in [1.165, 1.54) is 11.4 Å². The highest BCUT2D eigenvalue weighted by Gasteiger charge is 2.50. The average Bonchev–Trinajstić information content (AvgIpc) is 2.11. The summed E-state index contributed by atoms with van der Waals surface area (Å²) in [7, 11) is -7.47. The van der Waals surface area contributed by atoms with Crippen LogP contribution in [-0.2, 0) is 13.0 Å². The SMILES string of the molecule is C=C[Si](O)(OC(C)(C)C)O[Si](O)(C=C)OC(C)(C)C. The Kier molecular flexibility index (Phi) is 5.91. The van der Waals surface area contributed by atoms with Gasteiger partial charge in [0.1, 0.15) is 0 Å². The van der Waals surface area contributed by atoms with Gasteiger partial charge in [0.25, 0.3) is 0 Å². The second-order valence-electron chi connectivity index (χ2n) is 6.20. The van der Waals surface area contributed by atoms with Crippen molar-refractivity contribution in [3.8, 4) is 0 Å². The lowest BCUT2D eigenvalue weighted by atomic mass is 10.2. The summed E-state index contributed by atoms with van der Waals surface area (Å²) in [5.74, 6) is 0. The zero-order chi connectivity index (χ0) is 15.5. The van der Waals surface area contributed by atoms with Gasteiger partial charge < -0.3 is 22.6 Å². The number of hydrogen-bond acceptors (Lipinski definition) is 5. The molecule has 0 spiro atoms. The summed E-state index contributed by atoms with van der Waals surface area (Å²) in [5, 5.41) is 0. The van der Waals surface area contributed by atoms with Crippen molar-refractivity contribution in [2.24, 2.45) is 0 Å². The molecule has 0 saturated heterocycles. The van der Waals surface area contributed by atoms with Gasteiger partial charge in [-0.25, -0.2) is 0 Å². The quantitative estimate of drug-likeness (QED) is 0.734. The molecular weight excluding hydrogens is 280 g/mol. The molecule has 0 saturated carbocycles. The van der Waals surface area contributed by atoms with Gasteiger partial charge in [-0.1, -0.05) is 13.2 Å². The molecule has 0 aromatic carbocycles. The summed E-state index contributed by atoms with van der Waals surface area (Å²) in [4.78, 5) is 20.7. The molecular formula is C12H26O5Si2. The average molecular weight is 307 g/mol. The molecule has 2 unspecified atom stereocenters. The first kappa shape index (κ1) is 18.7. The summed E-state index contributed by atoms with van der Waals surface area (Å²) < 4.78 is 16.4. The van der Waals surface area contributed by atoms with E-state index in [9.17, 15) is 9.59 Å². The third-order valence-corrected chi connectivity index (χ3v) is 6.89. The lowest BCUT2D eigenvalue weighted by molar-refractivity contribution is 0.00989. The first-order valence-corrected chi connectivity index (χ1v) is 9.75. The number of rotatable bonds is 6. The first-order chi connectivity index (χ1) is 8.24. The van der Waals surface area contributed by atoms with Crippen molar-refractivity contribution < 1.29 is 22.6 Å². The highest BCUT2D eigenvalue weighted by Crippen LogP contribution is 2.23. The van der Waals surface area contributed by atoms with Gasteiger partial charge >= 0.3 is 17.6 Å². The molecule has 0 bridgehead atoms. The maximum atomic E-state index is 10.3. The fourth-order valence-corrected chi connectivity index (χ4v) is 5.89. The fourth-order valence-electron chi connectivity index (χ4n) is 1.30. The van der Waals surface area contributed by atoms with Gasteiger partial charge in [-0.15, -0.1) is 0 Å². The van der Waals surface area contributed by atoms with Crippen molar-refractivity contribution >= 4 is 17.6 Å². The van der Waals surface area contributed by atoms with E-state index in [2.05, 4.69) is 13.2 Å². The third-order valence-electron chi connectivity index (χ3n) is 1.71. The molecule has 0 rings (SSSR count). The van der Waals surface area contributed by atoms with Crippen LogP contribution in [0.3, 0.4) is 0 Å².